The molecule has 0 saturated carbocycles. The molecule has 0 radical (unpaired) electrons. The van der Waals surface area contributed by atoms with Crippen LogP contribution in [0.4, 0.5) is 0 Å². The summed E-state index contributed by atoms with van der Waals surface area (Å²) in [5, 5.41) is 0.857. The first-order chi connectivity index (χ1) is 7.13. The molecular formula is C10H13ClN2OS. The zero-order chi connectivity index (χ0) is 11.3. The van der Waals surface area contributed by atoms with Crippen LogP contribution in [0.1, 0.15) is 13.3 Å². The molecule has 1 unspecified atom stereocenters. The average molecular weight is 245 g/mol. The second-order valence-corrected chi connectivity index (χ2v) is 5.02. The molecule has 0 bridgehead atoms. The van der Waals surface area contributed by atoms with Crippen LogP contribution < -0.4 is 11.3 Å². The second-order valence-electron chi connectivity index (χ2n) is 3.13. The van der Waals surface area contributed by atoms with Crippen LogP contribution in [0.5, 0.6) is 0 Å². The number of carbonyl (C=O) groups is 1. The Morgan fingerprint density at radius 1 is 1.60 bits per heavy atom. The highest BCUT2D eigenvalue weighted by Gasteiger charge is 2.10. The highest BCUT2D eigenvalue weighted by Crippen LogP contribution is 2.30. The van der Waals surface area contributed by atoms with Crippen molar-refractivity contribution in [2.24, 2.45) is 5.84 Å². The number of nitrogens with two attached hydrogens (primary N) is 1. The minimum absolute atomic E-state index is 0.147. The molecule has 0 aromatic heterocycles. The Hall–Kier alpha value is -0.710. The molecular weight excluding hydrogens is 232 g/mol. The van der Waals surface area contributed by atoms with E-state index in [9.17, 15) is 4.79 Å². The van der Waals surface area contributed by atoms with Crippen molar-refractivity contribution in [3.8, 4) is 0 Å². The van der Waals surface area contributed by atoms with Crippen LogP contribution in [0.15, 0.2) is 29.2 Å². The third kappa shape index (κ3) is 4.11. The standard InChI is InChI=1S/C10H13ClN2OS/c1-7(6-10(14)13-12)15-9-5-3-2-4-8(9)11/h2-5,7H,6,12H2,1H3,(H,13,14). The third-order valence-corrected chi connectivity index (χ3v) is 3.42. The van der Waals surface area contributed by atoms with Gasteiger partial charge in [-0.15, -0.1) is 11.8 Å². The summed E-state index contributed by atoms with van der Waals surface area (Å²) in [6, 6.07) is 7.57. The molecule has 0 saturated heterocycles. The number of nitrogens with one attached hydrogen (secondary N) is 1. The van der Waals surface area contributed by atoms with Gasteiger partial charge < -0.3 is 0 Å². The van der Waals surface area contributed by atoms with E-state index in [2.05, 4.69) is 5.43 Å². The van der Waals surface area contributed by atoms with Crippen molar-refractivity contribution >= 4 is 29.3 Å². The number of rotatable bonds is 4. The van der Waals surface area contributed by atoms with E-state index in [1.54, 1.807) is 11.8 Å². The Bertz CT molecular complexity index is 346. The van der Waals surface area contributed by atoms with Crippen molar-refractivity contribution < 1.29 is 4.79 Å². The smallest absolute Gasteiger partial charge is 0.234 e. The van der Waals surface area contributed by atoms with Crippen LogP contribution in [-0.2, 0) is 4.79 Å². The van der Waals surface area contributed by atoms with E-state index >= 15 is 0 Å². The SMILES string of the molecule is CC(CC(=O)NN)Sc1ccccc1Cl. The third-order valence-electron chi connectivity index (χ3n) is 1.80. The van der Waals surface area contributed by atoms with E-state index in [0.29, 0.717) is 11.4 Å². The quantitative estimate of drug-likeness (QED) is 0.370. The van der Waals surface area contributed by atoms with Crippen molar-refractivity contribution in [1.82, 2.24) is 5.43 Å². The molecule has 0 aliphatic carbocycles. The fraction of sp³-hybridized carbons (Fsp3) is 0.300. The number of hydrogen-bond donors (Lipinski definition) is 2. The van der Waals surface area contributed by atoms with Crippen molar-refractivity contribution in [2.45, 2.75) is 23.5 Å². The maximum atomic E-state index is 11.0. The number of hydrogen-bond acceptors (Lipinski definition) is 3. The predicted molar refractivity (Wildman–Crippen MR) is 63.7 cm³/mol. The molecule has 0 fully saturated rings. The Kier molecular flexibility index (Phi) is 4.94. The van der Waals surface area contributed by atoms with Gasteiger partial charge in [-0.3, -0.25) is 10.2 Å². The van der Waals surface area contributed by atoms with Gasteiger partial charge >= 0.3 is 0 Å². The summed E-state index contributed by atoms with van der Waals surface area (Å²) in [7, 11) is 0. The molecule has 1 aromatic rings. The molecule has 0 aliphatic rings. The molecule has 3 nitrogen and oxygen atoms in total. The highest BCUT2D eigenvalue weighted by atomic mass is 35.5. The monoisotopic (exact) mass is 244 g/mol. The summed E-state index contributed by atoms with van der Waals surface area (Å²) in [4.78, 5) is 12.0. The second kappa shape index (κ2) is 6.00. The summed E-state index contributed by atoms with van der Waals surface area (Å²) in [6.45, 7) is 1.96. The van der Waals surface area contributed by atoms with Crippen LogP contribution in [0.2, 0.25) is 5.02 Å². The molecule has 82 valence electrons. The van der Waals surface area contributed by atoms with E-state index in [0.717, 1.165) is 4.90 Å². The Morgan fingerprint density at radius 3 is 2.87 bits per heavy atom. The first kappa shape index (κ1) is 12.4. The van der Waals surface area contributed by atoms with Gasteiger partial charge in [0, 0.05) is 16.6 Å². The fourth-order valence-corrected chi connectivity index (χ4v) is 2.39. The normalized spacial score (nSPS) is 12.2. The maximum Gasteiger partial charge on any atom is 0.234 e. The van der Waals surface area contributed by atoms with Crippen LogP contribution in [0, 0.1) is 0 Å². The average Bonchev–Trinajstić information content (AvgIpc) is 2.21. The molecule has 0 spiro atoms. The lowest BCUT2D eigenvalue weighted by atomic mass is 10.3. The lowest BCUT2D eigenvalue weighted by Gasteiger charge is -2.10. The van der Waals surface area contributed by atoms with Gasteiger partial charge in [-0.1, -0.05) is 30.7 Å². The van der Waals surface area contributed by atoms with E-state index in [1.165, 1.54) is 0 Å². The van der Waals surface area contributed by atoms with Gasteiger partial charge in [0.1, 0.15) is 0 Å². The maximum absolute atomic E-state index is 11.0. The van der Waals surface area contributed by atoms with E-state index in [-0.39, 0.29) is 11.2 Å². The predicted octanol–water partition coefficient (Wildman–Crippen LogP) is 2.20. The van der Waals surface area contributed by atoms with E-state index in [1.807, 2.05) is 31.2 Å². The number of halogens is 1. The number of amides is 1. The summed E-state index contributed by atoms with van der Waals surface area (Å²) >= 11 is 7.56. The largest absolute Gasteiger partial charge is 0.294 e. The molecule has 0 aliphatic heterocycles. The lowest BCUT2D eigenvalue weighted by Crippen LogP contribution is -2.31. The van der Waals surface area contributed by atoms with Crippen molar-refractivity contribution in [3.05, 3.63) is 29.3 Å². The van der Waals surface area contributed by atoms with Crippen LogP contribution >= 0.6 is 23.4 Å². The Morgan fingerprint density at radius 2 is 2.27 bits per heavy atom. The molecule has 15 heavy (non-hydrogen) atoms. The van der Waals surface area contributed by atoms with Crippen LogP contribution in [0.3, 0.4) is 0 Å². The first-order valence-corrected chi connectivity index (χ1v) is 5.80. The van der Waals surface area contributed by atoms with Gasteiger partial charge in [0.2, 0.25) is 5.91 Å². The topological polar surface area (TPSA) is 55.1 Å². The minimum atomic E-state index is -0.165. The molecule has 1 rings (SSSR count). The number of hydrazine groups is 1. The zero-order valence-corrected chi connectivity index (χ0v) is 9.94. The summed E-state index contributed by atoms with van der Waals surface area (Å²) in [5.74, 6) is 4.84. The Labute approximate surface area is 98.3 Å². The zero-order valence-electron chi connectivity index (χ0n) is 8.37. The Balaban J connectivity index is 2.55. The van der Waals surface area contributed by atoms with Crippen molar-refractivity contribution in [3.63, 3.8) is 0 Å². The molecule has 1 aromatic carbocycles. The molecule has 3 N–H and O–H groups in total. The number of thioether (sulfide) groups is 1. The van der Waals surface area contributed by atoms with Crippen molar-refractivity contribution in [2.75, 3.05) is 0 Å². The summed E-state index contributed by atoms with van der Waals surface area (Å²) in [5.41, 5.74) is 2.11. The summed E-state index contributed by atoms with van der Waals surface area (Å²) in [6.07, 6.45) is 0.381. The van der Waals surface area contributed by atoms with E-state index < -0.39 is 0 Å². The lowest BCUT2D eigenvalue weighted by molar-refractivity contribution is -0.121. The van der Waals surface area contributed by atoms with Gasteiger partial charge in [0.25, 0.3) is 0 Å². The van der Waals surface area contributed by atoms with Gasteiger partial charge in [0.15, 0.2) is 0 Å². The highest BCUT2D eigenvalue weighted by molar-refractivity contribution is 8.00. The summed E-state index contributed by atoms with van der Waals surface area (Å²) < 4.78 is 0. The van der Waals surface area contributed by atoms with Crippen molar-refractivity contribution in [1.29, 1.82) is 0 Å². The first-order valence-electron chi connectivity index (χ1n) is 4.54. The molecule has 1 amide bonds. The fourth-order valence-electron chi connectivity index (χ4n) is 1.12. The number of benzene rings is 1. The minimum Gasteiger partial charge on any atom is -0.294 e. The van der Waals surface area contributed by atoms with E-state index in [4.69, 9.17) is 17.4 Å². The van der Waals surface area contributed by atoms with Gasteiger partial charge in [-0.25, -0.2) is 5.84 Å². The van der Waals surface area contributed by atoms with Gasteiger partial charge in [0.05, 0.1) is 5.02 Å². The van der Waals surface area contributed by atoms with Crippen LogP contribution in [-0.4, -0.2) is 11.2 Å². The van der Waals surface area contributed by atoms with Gasteiger partial charge in [-0.05, 0) is 12.1 Å². The molecule has 1 atom stereocenters. The van der Waals surface area contributed by atoms with Crippen LogP contribution in [0.25, 0.3) is 0 Å². The molecule has 5 heteroatoms. The molecule has 0 heterocycles. The number of carbonyl (C=O) groups excluding carboxylic acids is 1. The van der Waals surface area contributed by atoms with Gasteiger partial charge in [-0.2, -0.15) is 0 Å².